The van der Waals surface area contributed by atoms with Gasteiger partial charge in [0.2, 0.25) is 0 Å². The van der Waals surface area contributed by atoms with E-state index in [4.69, 9.17) is 18.9 Å². The molecule has 1 N–H and O–H groups in total. The predicted octanol–water partition coefficient (Wildman–Crippen LogP) is 15.6. The first-order chi connectivity index (χ1) is 31.1. The monoisotopic (exact) mass is 911 g/mol. The summed E-state index contributed by atoms with van der Waals surface area (Å²) >= 11 is 0. The van der Waals surface area contributed by atoms with Crippen molar-refractivity contribution in [3.8, 4) is 0 Å². The molecule has 9 nitrogen and oxygen atoms in total. The average molecular weight is 911 g/mol. The Morgan fingerprint density at radius 2 is 0.703 bits per heavy atom. The van der Waals surface area contributed by atoms with Crippen LogP contribution >= 0.6 is 0 Å². The molecule has 0 radical (unpaired) electrons. The Labute approximate surface area is 396 Å². The topological polar surface area (TPSA) is 108 Å². The number of aliphatic carboxylic acids is 1. The Morgan fingerprint density at radius 3 is 1.00 bits per heavy atom. The molecule has 0 aromatic heterocycles. The van der Waals surface area contributed by atoms with E-state index in [1.54, 1.807) is 0 Å². The second-order valence-corrected chi connectivity index (χ2v) is 20.3. The quantitative estimate of drug-likeness (QED) is 0.0278. The van der Waals surface area contributed by atoms with Gasteiger partial charge in [0.25, 0.3) is 6.29 Å². The number of quaternary nitrogens is 1. The molecule has 0 rings (SSSR count). The highest BCUT2D eigenvalue weighted by Crippen LogP contribution is 2.18. The van der Waals surface area contributed by atoms with Crippen LogP contribution in [0.2, 0.25) is 0 Å². The van der Waals surface area contributed by atoms with Crippen molar-refractivity contribution in [2.75, 3.05) is 47.5 Å². The van der Waals surface area contributed by atoms with E-state index < -0.39 is 18.4 Å². The SMILES string of the molecule is CCCCCCCCCCCCCCCCCCCCCCCCCCCCCCC(=O)OC(COC(=O)CCCCCCCCCCCCC)COC(OCC[N+](C)(C)C)C(=O)O. The summed E-state index contributed by atoms with van der Waals surface area (Å²) in [6.45, 7) is 4.92. The van der Waals surface area contributed by atoms with Crippen LogP contribution in [0.5, 0.6) is 0 Å². The van der Waals surface area contributed by atoms with Crippen molar-refractivity contribution >= 4 is 17.9 Å². The molecule has 380 valence electrons. The van der Waals surface area contributed by atoms with Gasteiger partial charge in [-0.1, -0.05) is 251 Å². The molecule has 0 amide bonds. The third-order valence-corrected chi connectivity index (χ3v) is 12.6. The van der Waals surface area contributed by atoms with E-state index in [9.17, 15) is 19.5 Å². The van der Waals surface area contributed by atoms with Gasteiger partial charge in [-0.15, -0.1) is 0 Å². The number of hydrogen-bond donors (Lipinski definition) is 1. The van der Waals surface area contributed by atoms with Gasteiger partial charge in [-0.05, 0) is 12.8 Å². The fourth-order valence-electron chi connectivity index (χ4n) is 8.31. The molecule has 2 unspecified atom stereocenters. The first kappa shape index (κ1) is 62.3. The molecule has 0 fully saturated rings. The first-order valence-corrected chi connectivity index (χ1v) is 27.7. The van der Waals surface area contributed by atoms with Crippen molar-refractivity contribution in [1.29, 1.82) is 0 Å². The second kappa shape index (κ2) is 47.8. The fourth-order valence-corrected chi connectivity index (χ4v) is 8.31. The summed E-state index contributed by atoms with van der Waals surface area (Å²) in [6, 6.07) is 0. The number of nitrogens with zero attached hydrogens (tertiary/aromatic N) is 1. The third-order valence-electron chi connectivity index (χ3n) is 12.6. The number of unbranched alkanes of at least 4 members (excludes halogenated alkanes) is 37. The lowest BCUT2D eigenvalue weighted by Crippen LogP contribution is -2.40. The molecule has 0 aliphatic heterocycles. The first-order valence-electron chi connectivity index (χ1n) is 27.7. The van der Waals surface area contributed by atoms with E-state index in [0.717, 1.165) is 38.5 Å². The Kier molecular flexibility index (Phi) is 46.5. The molecule has 0 saturated carbocycles. The summed E-state index contributed by atoms with van der Waals surface area (Å²) in [5.74, 6) is -1.98. The maximum Gasteiger partial charge on any atom is 0.361 e. The predicted molar refractivity (Wildman–Crippen MR) is 268 cm³/mol. The summed E-state index contributed by atoms with van der Waals surface area (Å²) in [4.78, 5) is 37.2. The molecular weight excluding hydrogens is 803 g/mol. The van der Waals surface area contributed by atoms with Crippen LogP contribution < -0.4 is 0 Å². The Balaban J connectivity index is 4.08. The molecule has 0 aromatic rings. The number of esters is 2. The van der Waals surface area contributed by atoms with Gasteiger partial charge in [-0.2, -0.15) is 0 Å². The maximum absolute atomic E-state index is 12.8. The molecule has 0 aromatic carbocycles. The summed E-state index contributed by atoms with van der Waals surface area (Å²) in [5, 5.41) is 9.66. The summed E-state index contributed by atoms with van der Waals surface area (Å²) < 4.78 is 22.8. The molecule has 64 heavy (non-hydrogen) atoms. The van der Waals surface area contributed by atoms with Gasteiger partial charge in [0.15, 0.2) is 6.10 Å². The molecule has 2 atom stereocenters. The zero-order chi connectivity index (χ0) is 47.0. The van der Waals surface area contributed by atoms with Crippen molar-refractivity contribution in [2.45, 2.75) is 289 Å². The van der Waals surface area contributed by atoms with Crippen molar-refractivity contribution < 1.29 is 42.9 Å². The minimum atomic E-state index is -1.50. The summed E-state index contributed by atoms with van der Waals surface area (Å²) in [7, 11) is 5.97. The van der Waals surface area contributed by atoms with Gasteiger partial charge in [0, 0.05) is 12.8 Å². The number of carboxylic acids is 1. The number of ether oxygens (including phenoxy) is 4. The van der Waals surface area contributed by atoms with E-state index in [-0.39, 0.29) is 38.2 Å². The van der Waals surface area contributed by atoms with Gasteiger partial charge in [0.1, 0.15) is 13.2 Å². The van der Waals surface area contributed by atoms with Gasteiger partial charge < -0.3 is 28.5 Å². The third kappa shape index (κ3) is 48.2. The zero-order valence-corrected chi connectivity index (χ0v) is 43.2. The molecule has 0 bridgehead atoms. The van der Waals surface area contributed by atoms with Crippen molar-refractivity contribution in [1.82, 2.24) is 0 Å². The molecular formula is C55H108NO8+. The van der Waals surface area contributed by atoms with E-state index in [2.05, 4.69) is 13.8 Å². The molecule has 0 saturated heterocycles. The second-order valence-electron chi connectivity index (χ2n) is 20.3. The number of carbonyl (C=O) groups excluding carboxylic acids is 2. The lowest BCUT2D eigenvalue weighted by molar-refractivity contribution is -0.870. The highest BCUT2D eigenvalue weighted by Gasteiger charge is 2.25. The van der Waals surface area contributed by atoms with E-state index in [1.165, 1.54) is 212 Å². The average Bonchev–Trinajstić information content (AvgIpc) is 3.26. The molecule has 9 heteroatoms. The van der Waals surface area contributed by atoms with Crippen molar-refractivity contribution in [3.63, 3.8) is 0 Å². The Morgan fingerprint density at radius 1 is 0.406 bits per heavy atom. The lowest BCUT2D eigenvalue weighted by atomic mass is 10.0. The summed E-state index contributed by atoms with van der Waals surface area (Å²) in [6.07, 6.45) is 49.1. The smallest absolute Gasteiger partial charge is 0.361 e. The van der Waals surface area contributed by atoms with Gasteiger partial charge >= 0.3 is 17.9 Å². The van der Waals surface area contributed by atoms with Crippen LogP contribution in [0, 0.1) is 0 Å². The molecule has 0 spiro atoms. The van der Waals surface area contributed by atoms with Crippen LogP contribution in [-0.2, 0) is 33.3 Å². The van der Waals surface area contributed by atoms with Crippen molar-refractivity contribution in [2.24, 2.45) is 0 Å². The van der Waals surface area contributed by atoms with E-state index in [0.29, 0.717) is 17.4 Å². The van der Waals surface area contributed by atoms with Crippen LogP contribution in [0.15, 0.2) is 0 Å². The molecule has 0 aliphatic carbocycles. The summed E-state index contributed by atoms with van der Waals surface area (Å²) in [5.41, 5.74) is 0. The van der Waals surface area contributed by atoms with E-state index in [1.807, 2.05) is 21.1 Å². The normalized spacial score (nSPS) is 12.7. The van der Waals surface area contributed by atoms with Crippen LogP contribution in [-0.4, -0.2) is 87.4 Å². The van der Waals surface area contributed by atoms with Crippen LogP contribution in [0.25, 0.3) is 0 Å². The minimum absolute atomic E-state index is 0.173. The number of carbonyl (C=O) groups is 3. The van der Waals surface area contributed by atoms with Crippen molar-refractivity contribution in [3.05, 3.63) is 0 Å². The van der Waals surface area contributed by atoms with Gasteiger partial charge in [-0.25, -0.2) is 4.79 Å². The van der Waals surface area contributed by atoms with Crippen LogP contribution in [0.3, 0.4) is 0 Å². The highest BCUT2D eigenvalue weighted by molar-refractivity contribution is 5.71. The molecule has 0 aliphatic rings. The zero-order valence-electron chi connectivity index (χ0n) is 43.2. The largest absolute Gasteiger partial charge is 0.477 e. The Hall–Kier alpha value is -1.71. The number of likely N-dealkylation sites (N-methyl/N-ethyl adjacent to an activating group) is 1. The maximum atomic E-state index is 12.8. The van der Waals surface area contributed by atoms with Gasteiger partial charge in [-0.3, -0.25) is 9.59 Å². The number of rotatable bonds is 52. The number of hydrogen-bond acceptors (Lipinski definition) is 7. The lowest BCUT2D eigenvalue weighted by Gasteiger charge is -2.25. The van der Waals surface area contributed by atoms with E-state index >= 15 is 0 Å². The molecule has 0 heterocycles. The minimum Gasteiger partial charge on any atom is -0.477 e. The van der Waals surface area contributed by atoms with Crippen LogP contribution in [0.1, 0.15) is 277 Å². The Bertz CT molecular complexity index is 1020. The van der Waals surface area contributed by atoms with Crippen LogP contribution in [0.4, 0.5) is 0 Å². The highest BCUT2D eigenvalue weighted by atomic mass is 16.7. The standard InChI is InChI=1S/C55H107NO8/c1-6-8-10-12-14-16-18-19-20-21-22-23-24-25-26-27-28-29-30-31-32-33-34-36-38-40-42-44-46-53(58)64-51(50-63-55(54(59)60)61-48-47-56(3,4)5)49-62-52(57)45-43-41-39-37-35-17-15-13-11-9-7-2/h51,55H,6-50H2,1-5H3/p+1. The van der Waals surface area contributed by atoms with Gasteiger partial charge in [0.05, 0.1) is 34.4 Å². The fraction of sp³-hybridized carbons (Fsp3) is 0.945. The number of carboxylic acid groups (broad SMARTS) is 1.